The number of halogens is 1. The highest BCUT2D eigenvalue weighted by Crippen LogP contribution is 2.20. The molecule has 1 heterocycles. The van der Waals surface area contributed by atoms with Gasteiger partial charge in [-0.25, -0.2) is 13.8 Å². The Balaban J connectivity index is 2.41. The van der Waals surface area contributed by atoms with Gasteiger partial charge >= 0.3 is 11.7 Å². The van der Waals surface area contributed by atoms with Gasteiger partial charge < -0.3 is 4.74 Å². The van der Waals surface area contributed by atoms with E-state index in [1.807, 2.05) is 0 Å². The lowest BCUT2D eigenvalue weighted by molar-refractivity contribution is 0.394. The van der Waals surface area contributed by atoms with Crippen LogP contribution >= 0.6 is 0 Å². The maximum Gasteiger partial charge on any atom is 0.355 e. The van der Waals surface area contributed by atoms with Crippen molar-refractivity contribution < 1.29 is 13.9 Å². The molecule has 0 aliphatic carbocycles. The standard InChI is InChI=1S/C10H8FN3O3/c1-13-9(12-14(6-15)10(13)16)17-8-5-3-2-4-7(8)11/h2-6H,1H3. The maximum atomic E-state index is 13.3. The van der Waals surface area contributed by atoms with Gasteiger partial charge in [-0.05, 0) is 12.1 Å². The van der Waals surface area contributed by atoms with Crippen LogP contribution in [-0.2, 0) is 11.8 Å². The van der Waals surface area contributed by atoms with Crippen molar-refractivity contribution in [3.8, 4) is 11.8 Å². The minimum absolute atomic E-state index is 0.0707. The lowest BCUT2D eigenvalue weighted by Gasteiger charge is -2.03. The van der Waals surface area contributed by atoms with Crippen molar-refractivity contribution in [1.29, 1.82) is 0 Å². The molecule has 0 saturated heterocycles. The number of ether oxygens (including phenoxy) is 1. The molecule has 0 unspecified atom stereocenters. The summed E-state index contributed by atoms with van der Waals surface area (Å²) in [5, 5.41) is 3.57. The molecule has 1 aromatic carbocycles. The van der Waals surface area contributed by atoms with Gasteiger partial charge in [0, 0.05) is 7.05 Å². The largest absolute Gasteiger partial charge is 0.421 e. The third-order valence-corrected chi connectivity index (χ3v) is 2.10. The molecule has 17 heavy (non-hydrogen) atoms. The first kappa shape index (κ1) is 11.1. The fourth-order valence-electron chi connectivity index (χ4n) is 1.22. The third kappa shape index (κ3) is 1.94. The number of para-hydroxylation sites is 1. The number of aromatic nitrogens is 3. The molecule has 0 radical (unpaired) electrons. The highest BCUT2D eigenvalue weighted by molar-refractivity contribution is 5.49. The van der Waals surface area contributed by atoms with Gasteiger partial charge in [-0.1, -0.05) is 12.1 Å². The van der Waals surface area contributed by atoms with Gasteiger partial charge in [0.15, 0.2) is 11.6 Å². The van der Waals surface area contributed by atoms with E-state index in [0.717, 1.165) is 4.57 Å². The first-order valence-corrected chi connectivity index (χ1v) is 4.66. The zero-order valence-electron chi connectivity index (χ0n) is 8.83. The van der Waals surface area contributed by atoms with Crippen molar-refractivity contribution in [3.63, 3.8) is 0 Å². The van der Waals surface area contributed by atoms with Crippen molar-refractivity contribution in [2.75, 3.05) is 0 Å². The van der Waals surface area contributed by atoms with E-state index in [2.05, 4.69) is 5.10 Å². The molecule has 0 fully saturated rings. The van der Waals surface area contributed by atoms with Crippen molar-refractivity contribution in [1.82, 2.24) is 14.3 Å². The number of rotatable bonds is 3. The first-order chi connectivity index (χ1) is 8.13. The van der Waals surface area contributed by atoms with Gasteiger partial charge in [0.05, 0.1) is 0 Å². The van der Waals surface area contributed by atoms with Crippen molar-refractivity contribution in [3.05, 3.63) is 40.6 Å². The number of hydrogen-bond donors (Lipinski definition) is 0. The smallest absolute Gasteiger partial charge is 0.355 e. The van der Waals surface area contributed by atoms with Gasteiger partial charge in [0.1, 0.15) is 0 Å². The van der Waals surface area contributed by atoms with Crippen LogP contribution in [0.4, 0.5) is 4.39 Å². The summed E-state index contributed by atoms with van der Waals surface area (Å²) < 4.78 is 19.9. The van der Waals surface area contributed by atoms with Crippen LogP contribution in [0.25, 0.3) is 0 Å². The second-order valence-corrected chi connectivity index (χ2v) is 3.21. The Hall–Kier alpha value is -2.44. The fraction of sp³-hybridized carbons (Fsp3) is 0.100. The summed E-state index contributed by atoms with van der Waals surface area (Å²) in [6.45, 7) is 0. The van der Waals surface area contributed by atoms with E-state index in [4.69, 9.17) is 4.74 Å². The topological polar surface area (TPSA) is 66.1 Å². The lowest BCUT2D eigenvalue weighted by Crippen LogP contribution is -2.22. The van der Waals surface area contributed by atoms with Gasteiger partial charge in [-0.15, -0.1) is 9.78 Å². The minimum atomic E-state index is -0.661. The average Bonchev–Trinajstić information content (AvgIpc) is 2.60. The molecule has 2 rings (SSSR count). The minimum Gasteiger partial charge on any atom is -0.421 e. The normalized spacial score (nSPS) is 10.2. The Kier molecular flexibility index (Phi) is 2.73. The molecule has 88 valence electrons. The van der Waals surface area contributed by atoms with E-state index < -0.39 is 11.5 Å². The fourth-order valence-corrected chi connectivity index (χ4v) is 1.22. The summed E-state index contributed by atoms with van der Waals surface area (Å²) in [4.78, 5) is 21.8. The zero-order valence-corrected chi connectivity index (χ0v) is 8.83. The van der Waals surface area contributed by atoms with Crippen LogP contribution in [0.15, 0.2) is 29.1 Å². The molecule has 0 N–H and O–H groups in total. The highest BCUT2D eigenvalue weighted by Gasteiger charge is 2.13. The summed E-state index contributed by atoms with van der Waals surface area (Å²) in [6.07, 6.45) is 0.247. The van der Waals surface area contributed by atoms with Crippen LogP contribution in [0.5, 0.6) is 11.8 Å². The number of hydrogen-bond acceptors (Lipinski definition) is 4. The van der Waals surface area contributed by atoms with Crippen molar-refractivity contribution in [2.45, 2.75) is 0 Å². The van der Waals surface area contributed by atoms with Gasteiger partial charge in [-0.3, -0.25) is 4.79 Å². The molecular weight excluding hydrogens is 229 g/mol. The number of nitrogens with zero attached hydrogens (tertiary/aromatic N) is 3. The Morgan fingerprint density at radius 3 is 2.71 bits per heavy atom. The molecule has 7 heteroatoms. The van der Waals surface area contributed by atoms with Gasteiger partial charge in [0.25, 0.3) is 0 Å². The summed E-state index contributed by atoms with van der Waals surface area (Å²) in [5.41, 5.74) is -0.661. The van der Waals surface area contributed by atoms with Crippen LogP contribution in [0, 0.1) is 5.82 Å². The second-order valence-electron chi connectivity index (χ2n) is 3.21. The highest BCUT2D eigenvalue weighted by atomic mass is 19.1. The van der Waals surface area contributed by atoms with E-state index in [1.165, 1.54) is 25.2 Å². The third-order valence-electron chi connectivity index (χ3n) is 2.10. The van der Waals surface area contributed by atoms with Crippen molar-refractivity contribution >= 4 is 6.41 Å². The number of carbonyl (C=O) groups excluding carboxylic acids is 1. The van der Waals surface area contributed by atoms with Crippen LogP contribution < -0.4 is 10.4 Å². The van der Waals surface area contributed by atoms with Crippen molar-refractivity contribution in [2.24, 2.45) is 7.05 Å². The molecule has 6 nitrogen and oxygen atoms in total. The summed E-state index contributed by atoms with van der Waals surface area (Å²) in [5.74, 6) is -0.653. The van der Waals surface area contributed by atoms with Crippen LogP contribution in [0.3, 0.4) is 0 Å². The van der Waals surface area contributed by atoms with Gasteiger partial charge in [0.2, 0.25) is 6.41 Å². The molecule has 1 aromatic heterocycles. The Labute approximate surface area is 94.9 Å². The summed E-state index contributed by atoms with van der Waals surface area (Å²) >= 11 is 0. The molecular formula is C10H8FN3O3. The van der Waals surface area contributed by atoms with E-state index in [0.29, 0.717) is 4.68 Å². The molecule has 0 saturated carbocycles. The van der Waals surface area contributed by atoms with Crippen LogP contribution in [-0.4, -0.2) is 20.8 Å². The monoisotopic (exact) mass is 237 g/mol. The molecule has 0 spiro atoms. The zero-order chi connectivity index (χ0) is 12.4. The Morgan fingerprint density at radius 2 is 2.12 bits per heavy atom. The predicted molar refractivity (Wildman–Crippen MR) is 56.1 cm³/mol. The molecule has 0 amide bonds. The molecule has 2 aromatic rings. The van der Waals surface area contributed by atoms with E-state index in [-0.39, 0.29) is 18.2 Å². The lowest BCUT2D eigenvalue weighted by atomic mass is 10.3. The molecule has 0 aliphatic heterocycles. The maximum absolute atomic E-state index is 13.3. The van der Waals surface area contributed by atoms with E-state index in [9.17, 15) is 14.0 Å². The predicted octanol–water partition coefficient (Wildman–Crippen LogP) is 0.551. The number of carbonyl (C=O) groups is 1. The van der Waals surface area contributed by atoms with E-state index >= 15 is 0 Å². The summed E-state index contributed by atoms with van der Waals surface area (Å²) in [7, 11) is 1.37. The second kappa shape index (κ2) is 4.20. The SMILES string of the molecule is Cn1c(Oc2ccccc2F)nn(C=O)c1=O. The quantitative estimate of drug-likeness (QED) is 0.731. The summed E-state index contributed by atoms with van der Waals surface area (Å²) in [6, 6.07) is 5.52. The molecule has 0 aliphatic rings. The number of benzene rings is 1. The van der Waals surface area contributed by atoms with Crippen LogP contribution in [0.2, 0.25) is 0 Å². The average molecular weight is 237 g/mol. The van der Waals surface area contributed by atoms with Crippen LogP contribution in [0.1, 0.15) is 0 Å². The van der Waals surface area contributed by atoms with E-state index in [1.54, 1.807) is 6.07 Å². The Morgan fingerprint density at radius 1 is 1.41 bits per heavy atom. The molecule has 0 atom stereocenters. The Bertz CT molecular complexity index is 617. The molecule has 0 bridgehead atoms. The first-order valence-electron chi connectivity index (χ1n) is 4.66. The van der Waals surface area contributed by atoms with Gasteiger partial charge in [-0.2, -0.15) is 0 Å².